The molecule has 1 aromatic heterocycles. The van der Waals surface area contributed by atoms with E-state index in [1.807, 2.05) is 17.9 Å². The highest BCUT2D eigenvalue weighted by atomic mass is 16.4. The molecule has 0 bridgehead atoms. The van der Waals surface area contributed by atoms with E-state index in [-0.39, 0.29) is 11.9 Å². The Morgan fingerprint density at radius 3 is 3.00 bits per heavy atom. The zero-order valence-electron chi connectivity index (χ0n) is 10.3. The lowest BCUT2D eigenvalue weighted by Gasteiger charge is -2.35. The molecule has 98 valence electrons. The SMILES string of the molecule is CC1CCN(c2cccc(/C(N)=N/O)n2)CC1O. The fourth-order valence-corrected chi connectivity index (χ4v) is 2.05. The molecule has 18 heavy (non-hydrogen) atoms. The Balaban J connectivity index is 2.19. The number of aliphatic hydroxyl groups excluding tert-OH is 1. The topological polar surface area (TPSA) is 95.0 Å². The van der Waals surface area contributed by atoms with Crippen molar-refractivity contribution in [2.45, 2.75) is 19.4 Å². The molecule has 0 aromatic carbocycles. The number of hydrogen-bond donors (Lipinski definition) is 3. The molecule has 0 saturated carbocycles. The number of piperidine rings is 1. The minimum absolute atomic E-state index is 0.0113. The Hall–Kier alpha value is -1.82. The molecule has 6 nitrogen and oxygen atoms in total. The lowest BCUT2D eigenvalue weighted by Crippen LogP contribution is -2.43. The number of hydrogen-bond acceptors (Lipinski definition) is 5. The van der Waals surface area contributed by atoms with Crippen molar-refractivity contribution in [2.75, 3.05) is 18.0 Å². The summed E-state index contributed by atoms with van der Waals surface area (Å²) in [6, 6.07) is 5.35. The predicted molar refractivity (Wildman–Crippen MR) is 68.7 cm³/mol. The molecule has 2 atom stereocenters. The Labute approximate surface area is 106 Å². The van der Waals surface area contributed by atoms with Crippen LogP contribution < -0.4 is 10.6 Å². The molecule has 2 unspecified atom stereocenters. The molecule has 0 spiro atoms. The first kappa shape index (κ1) is 12.6. The van der Waals surface area contributed by atoms with Crippen LogP contribution in [0.4, 0.5) is 5.82 Å². The van der Waals surface area contributed by atoms with Crippen LogP contribution in [-0.4, -0.2) is 40.3 Å². The van der Waals surface area contributed by atoms with Gasteiger partial charge < -0.3 is 20.9 Å². The molecule has 1 aliphatic rings. The van der Waals surface area contributed by atoms with Gasteiger partial charge in [-0.3, -0.25) is 0 Å². The summed E-state index contributed by atoms with van der Waals surface area (Å²) in [5.41, 5.74) is 5.95. The Kier molecular flexibility index (Phi) is 3.66. The highest BCUT2D eigenvalue weighted by Crippen LogP contribution is 2.21. The third-order valence-corrected chi connectivity index (χ3v) is 3.35. The van der Waals surface area contributed by atoms with Gasteiger partial charge in [0.05, 0.1) is 6.10 Å². The number of oxime groups is 1. The molecule has 2 rings (SSSR count). The fraction of sp³-hybridized carbons (Fsp3) is 0.500. The molecule has 2 heterocycles. The van der Waals surface area contributed by atoms with E-state index >= 15 is 0 Å². The molecular weight excluding hydrogens is 232 g/mol. The van der Waals surface area contributed by atoms with Gasteiger partial charge in [0, 0.05) is 13.1 Å². The monoisotopic (exact) mass is 250 g/mol. The van der Waals surface area contributed by atoms with Crippen LogP contribution in [0.15, 0.2) is 23.4 Å². The fourth-order valence-electron chi connectivity index (χ4n) is 2.05. The van der Waals surface area contributed by atoms with Crippen molar-refractivity contribution >= 4 is 11.7 Å². The van der Waals surface area contributed by atoms with Crippen molar-refractivity contribution in [3.63, 3.8) is 0 Å². The Bertz CT molecular complexity index is 449. The maximum Gasteiger partial charge on any atom is 0.188 e. The minimum Gasteiger partial charge on any atom is -0.409 e. The van der Waals surface area contributed by atoms with Crippen LogP contribution in [0.3, 0.4) is 0 Å². The molecule has 1 aliphatic heterocycles. The van der Waals surface area contributed by atoms with Gasteiger partial charge in [0.2, 0.25) is 0 Å². The summed E-state index contributed by atoms with van der Waals surface area (Å²) in [4.78, 5) is 6.34. The van der Waals surface area contributed by atoms with E-state index in [1.165, 1.54) is 0 Å². The van der Waals surface area contributed by atoms with Crippen LogP contribution >= 0.6 is 0 Å². The lowest BCUT2D eigenvalue weighted by atomic mass is 9.96. The van der Waals surface area contributed by atoms with Crippen molar-refractivity contribution in [2.24, 2.45) is 16.8 Å². The molecular formula is C12H18N4O2. The van der Waals surface area contributed by atoms with Crippen LogP contribution in [-0.2, 0) is 0 Å². The smallest absolute Gasteiger partial charge is 0.188 e. The minimum atomic E-state index is -0.340. The van der Waals surface area contributed by atoms with Crippen LogP contribution in [0, 0.1) is 5.92 Å². The second-order valence-corrected chi connectivity index (χ2v) is 4.65. The van der Waals surface area contributed by atoms with Gasteiger partial charge in [0.25, 0.3) is 0 Å². The number of amidine groups is 1. The van der Waals surface area contributed by atoms with Gasteiger partial charge in [-0.1, -0.05) is 18.1 Å². The molecule has 0 radical (unpaired) electrons. The summed E-state index contributed by atoms with van der Waals surface area (Å²) in [6.07, 6.45) is 0.587. The predicted octanol–water partition coefficient (Wildman–Crippen LogP) is 0.383. The van der Waals surface area contributed by atoms with Crippen molar-refractivity contribution in [1.29, 1.82) is 0 Å². The van der Waals surface area contributed by atoms with Gasteiger partial charge in [0.15, 0.2) is 5.84 Å². The van der Waals surface area contributed by atoms with E-state index < -0.39 is 0 Å². The van der Waals surface area contributed by atoms with Crippen LogP contribution in [0.2, 0.25) is 0 Å². The zero-order chi connectivity index (χ0) is 13.1. The lowest BCUT2D eigenvalue weighted by molar-refractivity contribution is 0.102. The van der Waals surface area contributed by atoms with Crippen molar-refractivity contribution in [1.82, 2.24) is 4.98 Å². The molecule has 0 amide bonds. The number of pyridine rings is 1. The average Bonchev–Trinajstić information content (AvgIpc) is 2.41. The summed E-state index contributed by atoms with van der Waals surface area (Å²) in [5, 5.41) is 21.4. The van der Waals surface area contributed by atoms with E-state index in [0.29, 0.717) is 18.2 Å². The quantitative estimate of drug-likeness (QED) is 0.305. The highest BCUT2D eigenvalue weighted by molar-refractivity contribution is 5.95. The van der Waals surface area contributed by atoms with Crippen LogP contribution in [0.1, 0.15) is 19.0 Å². The first-order valence-corrected chi connectivity index (χ1v) is 5.99. The van der Waals surface area contributed by atoms with E-state index in [9.17, 15) is 5.11 Å². The van der Waals surface area contributed by atoms with Crippen molar-refractivity contribution in [3.05, 3.63) is 23.9 Å². The molecule has 4 N–H and O–H groups in total. The first-order chi connectivity index (χ1) is 8.61. The summed E-state index contributed by atoms with van der Waals surface area (Å²) in [6.45, 7) is 3.46. The third kappa shape index (κ3) is 2.53. The zero-order valence-corrected chi connectivity index (χ0v) is 10.3. The van der Waals surface area contributed by atoms with Gasteiger partial charge in [-0.25, -0.2) is 4.98 Å². The first-order valence-electron chi connectivity index (χ1n) is 5.99. The number of anilines is 1. The second-order valence-electron chi connectivity index (χ2n) is 4.65. The number of aromatic nitrogens is 1. The number of β-amino-alcohol motifs (C(OH)–C–C–N with tert-alkyl or cyclic N) is 1. The van der Waals surface area contributed by atoms with Crippen LogP contribution in [0.5, 0.6) is 0 Å². The third-order valence-electron chi connectivity index (χ3n) is 3.35. The molecule has 1 fully saturated rings. The average molecular weight is 250 g/mol. The summed E-state index contributed by atoms with van der Waals surface area (Å²) in [5.74, 6) is 1.04. The van der Waals surface area contributed by atoms with E-state index in [0.717, 1.165) is 18.8 Å². The van der Waals surface area contributed by atoms with Crippen molar-refractivity contribution < 1.29 is 10.3 Å². The molecule has 1 saturated heterocycles. The number of nitrogens with zero attached hydrogens (tertiary/aromatic N) is 3. The highest BCUT2D eigenvalue weighted by Gasteiger charge is 2.25. The van der Waals surface area contributed by atoms with E-state index in [4.69, 9.17) is 10.9 Å². The molecule has 1 aromatic rings. The van der Waals surface area contributed by atoms with Gasteiger partial charge in [-0.05, 0) is 24.5 Å². The maximum absolute atomic E-state index is 9.88. The summed E-state index contributed by atoms with van der Waals surface area (Å²) < 4.78 is 0. The van der Waals surface area contributed by atoms with E-state index in [1.54, 1.807) is 12.1 Å². The van der Waals surface area contributed by atoms with Gasteiger partial charge in [-0.2, -0.15) is 0 Å². The number of rotatable bonds is 2. The van der Waals surface area contributed by atoms with Gasteiger partial charge in [-0.15, -0.1) is 0 Å². The van der Waals surface area contributed by atoms with Crippen molar-refractivity contribution in [3.8, 4) is 0 Å². The van der Waals surface area contributed by atoms with Gasteiger partial charge in [0.1, 0.15) is 11.5 Å². The largest absolute Gasteiger partial charge is 0.409 e. The summed E-state index contributed by atoms with van der Waals surface area (Å²) in [7, 11) is 0. The molecule has 6 heteroatoms. The Morgan fingerprint density at radius 2 is 2.33 bits per heavy atom. The van der Waals surface area contributed by atoms with Gasteiger partial charge >= 0.3 is 0 Å². The maximum atomic E-state index is 9.88. The Morgan fingerprint density at radius 1 is 1.56 bits per heavy atom. The summed E-state index contributed by atoms with van der Waals surface area (Å²) >= 11 is 0. The second kappa shape index (κ2) is 5.22. The number of nitrogens with two attached hydrogens (primary N) is 1. The number of aliphatic hydroxyl groups is 1. The van der Waals surface area contributed by atoms with E-state index in [2.05, 4.69) is 10.1 Å². The van der Waals surface area contributed by atoms with Crippen LogP contribution in [0.25, 0.3) is 0 Å². The normalized spacial score (nSPS) is 25.2. The molecule has 0 aliphatic carbocycles. The standard InChI is InChI=1S/C12H18N4O2/c1-8-5-6-16(7-10(8)17)11-4-2-3-9(14-11)12(13)15-18/h2-4,8,10,17-18H,5-7H2,1H3,(H2,13,15).